The number of hydrogen-bond donors (Lipinski definition) is 1. The molecule has 100 valence electrons. The SMILES string of the molecule is FC(F)Cc1cc2c(s1)C1(CCNCC1)OCC2. The summed E-state index contributed by atoms with van der Waals surface area (Å²) in [7, 11) is 0. The summed E-state index contributed by atoms with van der Waals surface area (Å²) in [6.07, 6.45) is 0.398. The first-order chi connectivity index (χ1) is 8.70. The van der Waals surface area contributed by atoms with Crippen molar-refractivity contribution in [3.8, 4) is 0 Å². The highest BCUT2D eigenvalue weighted by molar-refractivity contribution is 7.12. The van der Waals surface area contributed by atoms with E-state index < -0.39 is 6.43 Å². The molecule has 0 saturated carbocycles. The fourth-order valence-corrected chi connectivity index (χ4v) is 4.35. The lowest BCUT2D eigenvalue weighted by Gasteiger charge is -2.40. The van der Waals surface area contributed by atoms with Crippen molar-refractivity contribution in [2.24, 2.45) is 0 Å². The number of rotatable bonds is 2. The number of hydrogen-bond acceptors (Lipinski definition) is 3. The molecule has 1 N–H and O–H groups in total. The maximum Gasteiger partial charge on any atom is 0.243 e. The van der Waals surface area contributed by atoms with Gasteiger partial charge in [0.05, 0.1) is 6.61 Å². The lowest BCUT2D eigenvalue weighted by molar-refractivity contribution is -0.0771. The molecule has 0 aromatic carbocycles. The third-order valence-electron chi connectivity index (χ3n) is 3.79. The Hall–Kier alpha value is -0.520. The van der Waals surface area contributed by atoms with Crippen molar-refractivity contribution in [2.45, 2.75) is 37.7 Å². The Morgan fingerprint density at radius 3 is 2.89 bits per heavy atom. The lowest BCUT2D eigenvalue weighted by atomic mass is 9.86. The molecule has 18 heavy (non-hydrogen) atoms. The molecule has 3 rings (SSSR count). The van der Waals surface area contributed by atoms with Gasteiger partial charge in [-0.3, -0.25) is 0 Å². The van der Waals surface area contributed by atoms with Crippen LogP contribution in [0.5, 0.6) is 0 Å². The van der Waals surface area contributed by atoms with Gasteiger partial charge in [0.15, 0.2) is 0 Å². The van der Waals surface area contributed by atoms with Crippen molar-refractivity contribution >= 4 is 11.3 Å². The van der Waals surface area contributed by atoms with Gasteiger partial charge in [-0.1, -0.05) is 0 Å². The lowest BCUT2D eigenvalue weighted by Crippen LogP contribution is -2.43. The molecule has 0 unspecified atom stereocenters. The van der Waals surface area contributed by atoms with Gasteiger partial charge in [-0.05, 0) is 44.0 Å². The van der Waals surface area contributed by atoms with Crippen LogP contribution in [-0.4, -0.2) is 26.1 Å². The second kappa shape index (κ2) is 4.87. The Morgan fingerprint density at radius 2 is 2.17 bits per heavy atom. The van der Waals surface area contributed by atoms with Crippen LogP contribution in [0.15, 0.2) is 6.07 Å². The van der Waals surface area contributed by atoms with Crippen LogP contribution >= 0.6 is 11.3 Å². The number of piperidine rings is 1. The number of thiophene rings is 1. The maximum absolute atomic E-state index is 12.5. The number of fused-ring (bicyclic) bond motifs is 2. The summed E-state index contributed by atoms with van der Waals surface area (Å²) >= 11 is 1.54. The quantitative estimate of drug-likeness (QED) is 0.894. The topological polar surface area (TPSA) is 21.3 Å². The summed E-state index contributed by atoms with van der Waals surface area (Å²) in [5.74, 6) is 0. The van der Waals surface area contributed by atoms with Crippen LogP contribution in [0, 0.1) is 0 Å². The largest absolute Gasteiger partial charge is 0.369 e. The van der Waals surface area contributed by atoms with E-state index in [1.807, 2.05) is 6.07 Å². The van der Waals surface area contributed by atoms with Gasteiger partial charge in [0.25, 0.3) is 0 Å². The highest BCUT2D eigenvalue weighted by atomic mass is 32.1. The summed E-state index contributed by atoms with van der Waals surface area (Å²) < 4.78 is 31.0. The predicted molar refractivity (Wildman–Crippen MR) is 67.5 cm³/mol. The average Bonchev–Trinajstić information content (AvgIpc) is 2.74. The third kappa shape index (κ3) is 2.19. The zero-order chi connectivity index (χ0) is 12.6. The highest BCUT2D eigenvalue weighted by Crippen LogP contribution is 2.44. The van der Waals surface area contributed by atoms with E-state index in [0.717, 1.165) is 43.8 Å². The highest BCUT2D eigenvalue weighted by Gasteiger charge is 2.40. The van der Waals surface area contributed by atoms with E-state index in [-0.39, 0.29) is 12.0 Å². The van der Waals surface area contributed by atoms with Crippen molar-refractivity contribution in [3.05, 3.63) is 21.4 Å². The van der Waals surface area contributed by atoms with Gasteiger partial charge in [-0.15, -0.1) is 11.3 Å². The third-order valence-corrected chi connectivity index (χ3v) is 5.18. The molecule has 0 radical (unpaired) electrons. The van der Waals surface area contributed by atoms with Gasteiger partial charge in [-0.2, -0.15) is 0 Å². The van der Waals surface area contributed by atoms with E-state index >= 15 is 0 Å². The summed E-state index contributed by atoms with van der Waals surface area (Å²) in [6.45, 7) is 2.61. The molecule has 1 fully saturated rings. The molecule has 0 aliphatic carbocycles. The Bertz CT molecular complexity index is 427. The molecule has 3 heterocycles. The van der Waals surface area contributed by atoms with Gasteiger partial charge in [-0.25, -0.2) is 8.78 Å². The predicted octanol–water partition coefficient (Wildman–Crippen LogP) is 2.71. The summed E-state index contributed by atoms with van der Waals surface area (Å²) in [6, 6.07) is 1.97. The van der Waals surface area contributed by atoms with Crippen LogP contribution < -0.4 is 5.32 Å². The van der Waals surface area contributed by atoms with Crippen molar-refractivity contribution in [1.29, 1.82) is 0 Å². The molecule has 1 saturated heterocycles. The number of alkyl halides is 2. The van der Waals surface area contributed by atoms with Crippen LogP contribution in [0.1, 0.15) is 28.2 Å². The van der Waals surface area contributed by atoms with Gasteiger partial charge < -0.3 is 10.1 Å². The zero-order valence-electron chi connectivity index (χ0n) is 10.2. The maximum atomic E-state index is 12.5. The van der Waals surface area contributed by atoms with E-state index in [4.69, 9.17) is 4.74 Å². The Balaban J connectivity index is 1.92. The van der Waals surface area contributed by atoms with Crippen LogP contribution in [0.4, 0.5) is 8.78 Å². The number of nitrogens with one attached hydrogen (secondary N) is 1. The molecule has 2 aliphatic heterocycles. The van der Waals surface area contributed by atoms with Gasteiger partial charge in [0.2, 0.25) is 6.43 Å². The van der Waals surface area contributed by atoms with Gasteiger partial charge >= 0.3 is 0 Å². The van der Waals surface area contributed by atoms with Gasteiger partial charge in [0.1, 0.15) is 5.60 Å². The van der Waals surface area contributed by atoms with Crippen molar-refractivity contribution in [2.75, 3.05) is 19.7 Å². The molecule has 0 atom stereocenters. The first-order valence-electron chi connectivity index (χ1n) is 6.44. The van der Waals surface area contributed by atoms with Crippen LogP contribution in [0.3, 0.4) is 0 Å². The van der Waals surface area contributed by atoms with E-state index in [1.54, 1.807) is 0 Å². The number of halogens is 2. The summed E-state index contributed by atoms with van der Waals surface area (Å²) in [5.41, 5.74) is 1.05. The molecule has 1 aromatic rings. The fourth-order valence-electron chi connectivity index (χ4n) is 2.93. The minimum absolute atomic E-state index is 0.119. The second-order valence-corrected chi connectivity index (χ2v) is 6.14. The minimum atomic E-state index is -2.25. The van der Waals surface area contributed by atoms with Gasteiger partial charge in [0, 0.05) is 16.2 Å². The van der Waals surface area contributed by atoms with E-state index in [9.17, 15) is 8.78 Å². The molecular formula is C13H17F2NOS. The molecule has 2 aliphatic rings. The fraction of sp³-hybridized carbons (Fsp3) is 0.692. The second-order valence-electron chi connectivity index (χ2n) is 5.01. The van der Waals surface area contributed by atoms with Crippen LogP contribution in [0.25, 0.3) is 0 Å². The van der Waals surface area contributed by atoms with Crippen LogP contribution in [0.2, 0.25) is 0 Å². The summed E-state index contributed by atoms with van der Waals surface area (Å²) in [5, 5.41) is 3.33. The monoisotopic (exact) mass is 273 g/mol. The smallest absolute Gasteiger partial charge is 0.243 e. The average molecular weight is 273 g/mol. The van der Waals surface area contributed by atoms with Crippen molar-refractivity contribution < 1.29 is 13.5 Å². The molecular weight excluding hydrogens is 256 g/mol. The Kier molecular flexibility index (Phi) is 3.38. The van der Waals surface area contributed by atoms with E-state index in [2.05, 4.69) is 5.32 Å². The normalized spacial score (nSPS) is 22.4. The Morgan fingerprint density at radius 1 is 1.39 bits per heavy atom. The molecule has 1 spiro atoms. The molecule has 1 aromatic heterocycles. The minimum Gasteiger partial charge on any atom is -0.369 e. The van der Waals surface area contributed by atoms with E-state index in [1.165, 1.54) is 21.8 Å². The molecule has 5 heteroatoms. The molecule has 0 amide bonds. The molecule has 0 bridgehead atoms. The molecule has 2 nitrogen and oxygen atoms in total. The van der Waals surface area contributed by atoms with Crippen LogP contribution in [-0.2, 0) is 23.2 Å². The standard InChI is InChI=1S/C13H17F2NOS/c14-11(15)8-10-7-9-1-6-17-13(12(9)18-10)2-4-16-5-3-13/h7,11,16H,1-6,8H2. The summed E-state index contributed by atoms with van der Waals surface area (Å²) in [4.78, 5) is 2.02. The van der Waals surface area contributed by atoms with Crippen molar-refractivity contribution in [3.63, 3.8) is 0 Å². The first kappa shape index (κ1) is 12.5. The van der Waals surface area contributed by atoms with Crippen molar-refractivity contribution in [1.82, 2.24) is 5.32 Å². The number of ether oxygens (including phenoxy) is 1. The zero-order valence-corrected chi connectivity index (χ0v) is 11.0. The Labute approximate surface area is 109 Å². The van der Waals surface area contributed by atoms with E-state index in [0.29, 0.717) is 0 Å². The first-order valence-corrected chi connectivity index (χ1v) is 7.26.